The molecule has 2 nitrogen and oxygen atoms in total. The van der Waals surface area contributed by atoms with Crippen molar-refractivity contribution < 1.29 is 0 Å². The van der Waals surface area contributed by atoms with Crippen LogP contribution in [0.1, 0.15) is 25.7 Å². The molecule has 0 aromatic heterocycles. The van der Waals surface area contributed by atoms with E-state index in [4.69, 9.17) is 0 Å². The van der Waals surface area contributed by atoms with Gasteiger partial charge >= 0.3 is 0 Å². The van der Waals surface area contributed by atoms with Gasteiger partial charge in [-0.05, 0) is 51.7 Å². The van der Waals surface area contributed by atoms with Crippen molar-refractivity contribution in [2.45, 2.75) is 31.7 Å². The molecular formula is C10H20N2. The zero-order valence-electron chi connectivity index (χ0n) is 8.05. The van der Waals surface area contributed by atoms with Crippen molar-refractivity contribution in [3.05, 3.63) is 0 Å². The molecule has 2 heteroatoms. The predicted octanol–water partition coefficient (Wildman–Crippen LogP) is 1.08. The molecule has 70 valence electrons. The Bertz CT molecular complexity index is 135. The molecule has 0 radical (unpaired) electrons. The van der Waals surface area contributed by atoms with Crippen LogP contribution >= 0.6 is 0 Å². The van der Waals surface area contributed by atoms with E-state index in [1.54, 1.807) is 0 Å². The Labute approximate surface area is 75.3 Å². The van der Waals surface area contributed by atoms with Crippen molar-refractivity contribution in [1.82, 2.24) is 10.2 Å². The molecule has 2 heterocycles. The van der Waals surface area contributed by atoms with Gasteiger partial charge in [0.05, 0.1) is 0 Å². The Morgan fingerprint density at radius 1 is 1.50 bits per heavy atom. The predicted molar refractivity (Wildman–Crippen MR) is 51.2 cm³/mol. The highest BCUT2D eigenvalue weighted by Crippen LogP contribution is 2.32. The highest BCUT2D eigenvalue weighted by Gasteiger charge is 2.34. The number of rotatable bonds is 3. The lowest BCUT2D eigenvalue weighted by atomic mass is 10.0. The third kappa shape index (κ3) is 1.64. The fourth-order valence-electron chi connectivity index (χ4n) is 2.75. The minimum atomic E-state index is 0.965. The maximum atomic E-state index is 3.24. The Morgan fingerprint density at radius 3 is 3.17 bits per heavy atom. The van der Waals surface area contributed by atoms with Crippen molar-refractivity contribution in [3.63, 3.8) is 0 Å². The molecule has 2 aliphatic rings. The van der Waals surface area contributed by atoms with Gasteiger partial charge in [0, 0.05) is 12.6 Å². The molecule has 0 aromatic rings. The van der Waals surface area contributed by atoms with Crippen LogP contribution in [0.4, 0.5) is 0 Å². The summed E-state index contributed by atoms with van der Waals surface area (Å²) in [6.45, 7) is 3.96. The molecule has 0 saturated carbocycles. The minimum absolute atomic E-state index is 0.965. The zero-order chi connectivity index (χ0) is 8.39. The van der Waals surface area contributed by atoms with Crippen LogP contribution in [0.3, 0.4) is 0 Å². The van der Waals surface area contributed by atoms with E-state index in [0.29, 0.717) is 0 Å². The van der Waals surface area contributed by atoms with Gasteiger partial charge < -0.3 is 10.2 Å². The average Bonchev–Trinajstić information content (AvgIpc) is 2.58. The second-order valence-corrected chi connectivity index (χ2v) is 4.28. The second kappa shape index (κ2) is 3.75. The van der Waals surface area contributed by atoms with Gasteiger partial charge in [0.2, 0.25) is 0 Å². The van der Waals surface area contributed by atoms with Crippen LogP contribution in [-0.4, -0.2) is 37.6 Å². The fraction of sp³-hybridized carbons (Fsp3) is 1.00. The summed E-state index contributed by atoms with van der Waals surface area (Å²) in [4.78, 5) is 2.69. The molecule has 2 atom stereocenters. The van der Waals surface area contributed by atoms with Gasteiger partial charge in [-0.1, -0.05) is 0 Å². The fourth-order valence-corrected chi connectivity index (χ4v) is 2.75. The van der Waals surface area contributed by atoms with Crippen LogP contribution in [0.5, 0.6) is 0 Å². The van der Waals surface area contributed by atoms with Crippen LogP contribution < -0.4 is 5.32 Å². The highest BCUT2D eigenvalue weighted by atomic mass is 15.2. The minimum Gasteiger partial charge on any atom is -0.320 e. The Morgan fingerprint density at radius 2 is 2.42 bits per heavy atom. The van der Waals surface area contributed by atoms with Gasteiger partial charge in [0.25, 0.3) is 0 Å². The molecule has 12 heavy (non-hydrogen) atoms. The van der Waals surface area contributed by atoms with E-state index in [1.165, 1.54) is 45.3 Å². The maximum Gasteiger partial charge on any atom is 0.00989 e. The monoisotopic (exact) mass is 168 g/mol. The molecule has 2 fully saturated rings. The second-order valence-electron chi connectivity index (χ2n) is 4.28. The SMILES string of the molecule is CNCCC1CC2CCCN2C1. The average molecular weight is 168 g/mol. The lowest BCUT2D eigenvalue weighted by Gasteiger charge is -2.13. The van der Waals surface area contributed by atoms with Crippen LogP contribution in [-0.2, 0) is 0 Å². The molecule has 2 saturated heterocycles. The lowest BCUT2D eigenvalue weighted by Crippen LogP contribution is -2.22. The molecule has 0 amide bonds. The molecular weight excluding hydrogens is 148 g/mol. The Kier molecular flexibility index (Phi) is 2.66. The molecule has 0 aliphatic carbocycles. The number of nitrogens with one attached hydrogen (secondary N) is 1. The molecule has 2 rings (SSSR count). The van der Waals surface area contributed by atoms with E-state index >= 15 is 0 Å². The van der Waals surface area contributed by atoms with Crippen molar-refractivity contribution >= 4 is 0 Å². The molecule has 0 spiro atoms. The quantitative estimate of drug-likeness (QED) is 0.678. The smallest absolute Gasteiger partial charge is 0.00989 e. The third-order valence-corrected chi connectivity index (χ3v) is 3.40. The van der Waals surface area contributed by atoms with Crippen molar-refractivity contribution in [1.29, 1.82) is 0 Å². The maximum absolute atomic E-state index is 3.24. The Hall–Kier alpha value is -0.0800. The first-order valence-electron chi connectivity index (χ1n) is 5.29. The van der Waals surface area contributed by atoms with Crippen LogP contribution in [0.2, 0.25) is 0 Å². The van der Waals surface area contributed by atoms with Gasteiger partial charge in [-0.3, -0.25) is 0 Å². The van der Waals surface area contributed by atoms with E-state index in [0.717, 1.165) is 12.0 Å². The van der Waals surface area contributed by atoms with Gasteiger partial charge in [-0.15, -0.1) is 0 Å². The first-order valence-corrected chi connectivity index (χ1v) is 5.29. The lowest BCUT2D eigenvalue weighted by molar-refractivity contribution is 0.315. The highest BCUT2D eigenvalue weighted by molar-refractivity contribution is 4.89. The standard InChI is InChI=1S/C10H20N2/c1-11-5-4-9-7-10-3-2-6-12(10)8-9/h9-11H,2-8H2,1H3. The summed E-state index contributed by atoms with van der Waals surface area (Å²) in [5.74, 6) is 0.989. The van der Waals surface area contributed by atoms with E-state index in [1.807, 2.05) is 0 Å². The number of fused-ring (bicyclic) bond motifs is 1. The first-order chi connectivity index (χ1) is 5.90. The number of hydrogen-bond acceptors (Lipinski definition) is 2. The van der Waals surface area contributed by atoms with Gasteiger partial charge in [-0.25, -0.2) is 0 Å². The molecule has 0 bridgehead atoms. The summed E-state index contributed by atoms with van der Waals surface area (Å²) >= 11 is 0. The normalized spacial score (nSPS) is 35.8. The summed E-state index contributed by atoms with van der Waals surface area (Å²) in [5, 5.41) is 3.24. The van der Waals surface area contributed by atoms with Crippen LogP contribution in [0, 0.1) is 5.92 Å². The van der Waals surface area contributed by atoms with Crippen LogP contribution in [0.25, 0.3) is 0 Å². The van der Waals surface area contributed by atoms with Gasteiger partial charge in [-0.2, -0.15) is 0 Å². The van der Waals surface area contributed by atoms with E-state index in [-0.39, 0.29) is 0 Å². The summed E-state index contributed by atoms with van der Waals surface area (Å²) in [7, 11) is 2.05. The summed E-state index contributed by atoms with van der Waals surface area (Å²) < 4.78 is 0. The Balaban J connectivity index is 1.75. The summed E-state index contributed by atoms with van der Waals surface area (Å²) in [5.41, 5.74) is 0. The topological polar surface area (TPSA) is 15.3 Å². The number of nitrogens with zero attached hydrogens (tertiary/aromatic N) is 1. The van der Waals surface area contributed by atoms with E-state index in [2.05, 4.69) is 17.3 Å². The third-order valence-electron chi connectivity index (χ3n) is 3.40. The van der Waals surface area contributed by atoms with E-state index in [9.17, 15) is 0 Å². The molecule has 1 N–H and O–H groups in total. The van der Waals surface area contributed by atoms with Gasteiger partial charge in [0.1, 0.15) is 0 Å². The zero-order valence-corrected chi connectivity index (χ0v) is 8.05. The molecule has 2 unspecified atom stereocenters. The first kappa shape index (κ1) is 8.52. The van der Waals surface area contributed by atoms with Crippen molar-refractivity contribution in [2.24, 2.45) is 5.92 Å². The largest absolute Gasteiger partial charge is 0.320 e. The van der Waals surface area contributed by atoms with Crippen LogP contribution in [0.15, 0.2) is 0 Å². The number of hydrogen-bond donors (Lipinski definition) is 1. The summed E-state index contributed by atoms with van der Waals surface area (Å²) in [6.07, 6.45) is 5.77. The van der Waals surface area contributed by atoms with Gasteiger partial charge in [0.15, 0.2) is 0 Å². The molecule has 2 aliphatic heterocycles. The van der Waals surface area contributed by atoms with Crippen molar-refractivity contribution in [2.75, 3.05) is 26.7 Å². The summed E-state index contributed by atoms with van der Waals surface area (Å²) in [6, 6.07) is 0.965. The molecule has 0 aromatic carbocycles. The van der Waals surface area contributed by atoms with E-state index < -0.39 is 0 Å². The van der Waals surface area contributed by atoms with Crippen molar-refractivity contribution in [3.8, 4) is 0 Å².